The molecule has 2 unspecified atom stereocenters. The van der Waals surface area contributed by atoms with Gasteiger partial charge in [-0.05, 0) is 25.7 Å². The highest BCUT2D eigenvalue weighted by Gasteiger charge is 2.41. The molecule has 92 valence electrons. The lowest BCUT2D eigenvalue weighted by Gasteiger charge is -2.21. The average molecular weight is 228 g/mol. The van der Waals surface area contributed by atoms with Crippen molar-refractivity contribution < 1.29 is 14.6 Å². The minimum absolute atomic E-state index is 0.373. The fourth-order valence-electron chi connectivity index (χ4n) is 2.48. The van der Waals surface area contributed by atoms with Gasteiger partial charge in [-0.1, -0.05) is 0 Å². The first-order chi connectivity index (χ1) is 7.60. The molecule has 5 nitrogen and oxygen atoms in total. The van der Waals surface area contributed by atoms with Crippen LogP contribution in [0.4, 0.5) is 0 Å². The number of ether oxygens (including phenoxy) is 1. The van der Waals surface area contributed by atoms with E-state index in [4.69, 9.17) is 15.6 Å². The minimum Gasteiger partial charge on any atom is -0.480 e. The molecule has 2 heterocycles. The number of likely N-dealkylation sites (tertiary alicyclic amines) is 1. The number of nitrogens with zero attached hydrogens (tertiary/aromatic N) is 1. The van der Waals surface area contributed by atoms with E-state index in [-0.39, 0.29) is 0 Å². The molecule has 0 saturated carbocycles. The van der Waals surface area contributed by atoms with Crippen molar-refractivity contribution in [2.75, 3.05) is 26.2 Å². The first kappa shape index (κ1) is 11.8. The second-order valence-electron chi connectivity index (χ2n) is 4.91. The normalized spacial score (nSPS) is 35.7. The summed E-state index contributed by atoms with van der Waals surface area (Å²) in [7, 11) is 0. The molecule has 0 aromatic rings. The van der Waals surface area contributed by atoms with Crippen LogP contribution >= 0.6 is 0 Å². The molecule has 2 rings (SSSR count). The molecule has 0 aliphatic carbocycles. The van der Waals surface area contributed by atoms with Crippen LogP contribution in [0.2, 0.25) is 0 Å². The summed E-state index contributed by atoms with van der Waals surface area (Å²) in [5.41, 5.74) is 4.77. The number of carboxylic acids is 1. The summed E-state index contributed by atoms with van der Waals surface area (Å²) in [6.07, 6.45) is 4.21. The number of carbonyl (C=O) groups is 1. The van der Waals surface area contributed by atoms with Crippen LogP contribution in [-0.2, 0) is 9.53 Å². The Morgan fingerprint density at radius 1 is 1.62 bits per heavy atom. The molecule has 0 aromatic carbocycles. The van der Waals surface area contributed by atoms with Gasteiger partial charge in [-0.3, -0.25) is 4.79 Å². The van der Waals surface area contributed by atoms with E-state index in [1.807, 2.05) is 0 Å². The van der Waals surface area contributed by atoms with Crippen LogP contribution in [-0.4, -0.2) is 53.9 Å². The molecular formula is C11H20N2O3. The molecule has 0 aromatic heterocycles. The van der Waals surface area contributed by atoms with Crippen molar-refractivity contribution in [2.45, 2.75) is 37.3 Å². The Morgan fingerprint density at radius 3 is 3.00 bits per heavy atom. The summed E-state index contributed by atoms with van der Waals surface area (Å²) in [5.74, 6) is -0.882. The molecule has 0 bridgehead atoms. The summed E-state index contributed by atoms with van der Waals surface area (Å²) < 4.78 is 5.54. The lowest BCUT2D eigenvalue weighted by Crippen LogP contribution is -2.50. The van der Waals surface area contributed by atoms with E-state index in [1.165, 1.54) is 0 Å². The maximum absolute atomic E-state index is 11.0. The molecule has 2 aliphatic rings. The van der Waals surface area contributed by atoms with Gasteiger partial charge >= 0.3 is 5.97 Å². The van der Waals surface area contributed by atoms with Crippen LogP contribution in [0.1, 0.15) is 25.7 Å². The molecule has 0 spiro atoms. The van der Waals surface area contributed by atoms with Gasteiger partial charge in [0, 0.05) is 26.2 Å². The van der Waals surface area contributed by atoms with Crippen molar-refractivity contribution in [3.8, 4) is 0 Å². The minimum atomic E-state index is -1.03. The zero-order valence-electron chi connectivity index (χ0n) is 9.52. The molecule has 2 aliphatic heterocycles. The van der Waals surface area contributed by atoms with E-state index in [1.54, 1.807) is 0 Å². The van der Waals surface area contributed by atoms with Crippen LogP contribution in [0.25, 0.3) is 0 Å². The van der Waals surface area contributed by atoms with Crippen LogP contribution in [0.5, 0.6) is 0 Å². The second kappa shape index (κ2) is 4.69. The molecule has 2 saturated heterocycles. The first-order valence-electron chi connectivity index (χ1n) is 5.96. The molecule has 5 heteroatoms. The summed E-state index contributed by atoms with van der Waals surface area (Å²) in [6.45, 7) is 3.03. The monoisotopic (exact) mass is 228 g/mol. The van der Waals surface area contributed by atoms with Crippen LogP contribution in [0.15, 0.2) is 0 Å². The van der Waals surface area contributed by atoms with E-state index < -0.39 is 11.5 Å². The topological polar surface area (TPSA) is 75.8 Å². The fraction of sp³-hybridized carbons (Fsp3) is 0.909. The van der Waals surface area contributed by atoms with E-state index in [0.717, 1.165) is 39.0 Å². The van der Waals surface area contributed by atoms with Crippen molar-refractivity contribution in [3.05, 3.63) is 0 Å². The summed E-state index contributed by atoms with van der Waals surface area (Å²) in [4.78, 5) is 13.1. The summed E-state index contributed by atoms with van der Waals surface area (Å²) in [5, 5.41) is 8.99. The lowest BCUT2D eigenvalue weighted by atomic mass is 10.0. The van der Waals surface area contributed by atoms with E-state index in [9.17, 15) is 4.79 Å². The largest absolute Gasteiger partial charge is 0.480 e. The highest BCUT2D eigenvalue weighted by Crippen LogP contribution is 2.21. The molecule has 0 amide bonds. The number of nitrogens with two attached hydrogens (primary N) is 1. The number of carboxylic acid groups (broad SMARTS) is 1. The van der Waals surface area contributed by atoms with Crippen molar-refractivity contribution in [3.63, 3.8) is 0 Å². The Balaban J connectivity index is 1.74. The molecule has 2 atom stereocenters. The van der Waals surface area contributed by atoms with Crippen molar-refractivity contribution in [1.82, 2.24) is 4.90 Å². The van der Waals surface area contributed by atoms with Gasteiger partial charge < -0.3 is 20.5 Å². The van der Waals surface area contributed by atoms with Gasteiger partial charge in [-0.15, -0.1) is 0 Å². The number of rotatable bonds is 4. The SMILES string of the molecule is NC1(C(=O)O)CCN(CCC2CCCO2)C1. The van der Waals surface area contributed by atoms with Crippen LogP contribution in [0, 0.1) is 0 Å². The van der Waals surface area contributed by atoms with Gasteiger partial charge in [0.25, 0.3) is 0 Å². The maximum Gasteiger partial charge on any atom is 0.325 e. The maximum atomic E-state index is 11.0. The molecule has 16 heavy (non-hydrogen) atoms. The van der Waals surface area contributed by atoms with Gasteiger partial charge in [0.2, 0.25) is 0 Å². The smallest absolute Gasteiger partial charge is 0.325 e. The fourth-order valence-corrected chi connectivity index (χ4v) is 2.48. The van der Waals surface area contributed by atoms with E-state index in [2.05, 4.69) is 4.90 Å². The molecule has 2 fully saturated rings. The summed E-state index contributed by atoms with van der Waals surface area (Å²) >= 11 is 0. The molecule has 0 radical (unpaired) electrons. The number of hydrogen-bond acceptors (Lipinski definition) is 4. The quantitative estimate of drug-likeness (QED) is 0.710. The Kier molecular flexibility index (Phi) is 3.47. The van der Waals surface area contributed by atoms with E-state index in [0.29, 0.717) is 19.1 Å². The second-order valence-corrected chi connectivity index (χ2v) is 4.91. The third-order valence-electron chi connectivity index (χ3n) is 3.60. The predicted octanol–water partition coefficient (Wildman–Crippen LogP) is 0.0433. The highest BCUT2D eigenvalue weighted by atomic mass is 16.5. The lowest BCUT2D eigenvalue weighted by molar-refractivity contribution is -0.142. The zero-order chi connectivity index (χ0) is 11.6. The Labute approximate surface area is 95.5 Å². The zero-order valence-corrected chi connectivity index (χ0v) is 9.52. The predicted molar refractivity (Wildman–Crippen MR) is 59.2 cm³/mol. The van der Waals surface area contributed by atoms with Gasteiger partial charge in [0.15, 0.2) is 0 Å². The van der Waals surface area contributed by atoms with Crippen molar-refractivity contribution >= 4 is 5.97 Å². The van der Waals surface area contributed by atoms with Crippen molar-refractivity contribution in [1.29, 1.82) is 0 Å². The van der Waals surface area contributed by atoms with Crippen LogP contribution < -0.4 is 5.73 Å². The molecular weight excluding hydrogens is 208 g/mol. The van der Waals surface area contributed by atoms with E-state index >= 15 is 0 Å². The first-order valence-corrected chi connectivity index (χ1v) is 5.96. The summed E-state index contributed by atoms with van der Waals surface area (Å²) in [6, 6.07) is 0. The van der Waals surface area contributed by atoms with Crippen molar-refractivity contribution in [2.24, 2.45) is 5.73 Å². The van der Waals surface area contributed by atoms with Crippen LogP contribution in [0.3, 0.4) is 0 Å². The molecule has 3 N–H and O–H groups in total. The Hall–Kier alpha value is -0.650. The Bertz CT molecular complexity index is 266. The average Bonchev–Trinajstić information content (AvgIpc) is 2.85. The van der Waals surface area contributed by atoms with Gasteiger partial charge in [0.05, 0.1) is 6.10 Å². The Morgan fingerprint density at radius 2 is 2.44 bits per heavy atom. The van der Waals surface area contributed by atoms with Gasteiger partial charge in [-0.2, -0.15) is 0 Å². The highest BCUT2D eigenvalue weighted by molar-refractivity contribution is 5.79. The van der Waals surface area contributed by atoms with Gasteiger partial charge in [0.1, 0.15) is 5.54 Å². The third kappa shape index (κ3) is 2.53. The number of aliphatic carboxylic acids is 1. The standard InChI is InChI=1S/C11H20N2O3/c12-11(10(14)15)4-6-13(8-11)5-3-9-2-1-7-16-9/h9H,1-8,12H2,(H,14,15). The number of hydrogen-bond donors (Lipinski definition) is 2. The third-order valence-corrected chi connectivity index (χ3v) is 3.60. The van der Waals surface area contributed by atoms with Gasteiger partial charge in [-0.25, -0.2) is 0 Å².